The molecule has 6 heteroatoms. The highest BCUT2D eigenvalue weighted by molar-refractivity contribution is 5.30. The molecular weight excluding hydrogens is 240 g/mol. The molecule has 0 atom stereocenters. The van der Waals surface area contributed by atoms with Crippen molar-refractivity contribution in [2.24, 2.45) is 14.1 Å². The van der Waals surface area contributed by atoms with Crippen LogP contribution in [0.5, 0.6) is 0 Å². The van der Waals surface area contributed by atoms with E-state index in [0.717, 1.165) is 31.2 Å². The Morgan fingerprint density at radius 2 is 2.11 bits per heavy atom. The summed E-state index contributed by atoms with van der Waals surface area (Å²) < 4.78 is 3.94. The molecule has 0 unspecified atom stereocenters. The molecular formula is C13H22N6. The van der Waals surface area contributed by atoms with Crippen molar-refractivity contribution in [3.63, 3.8) is 0 Å². The Labute approximate surface area is 114 Å². The van der Waals surface area contributed by atoms with Gasteiger partial charge in [-0.3, -0.25) is 4.68 Å². The number of rotatable bonds is 6. The lowest BCUT2D eigenvalue weighted by Gasteiger charge is -2.12. The van der Waals surface area contributed by atoms with Gasteiger partial charge in [0.25, 0.3) is 0 Å². The van der Waals surface area contributed by atoms with E-state index in [-0.39, 0.29) is 0 Å². The molecule has 0 radical (unpaired) electrons. The highest BCUT2D eigenvalue weighted by Gasteiger charge is 2.07. The summed E-state index contributed by atoms with van der Waals surface area (Å²) in [5.41, 5.74) is 2.30. The van der Waals surface area contributed by atoms with Crippen molar-refractivity contribution in [3.8, 4) is 0 Å². The second-order valence-electron chi connectivity index (χ2n) is 4.91. The van der Waals surface area contributed by atoms with Crippen molar-refractivity contribution in [1.82, 2.24) is 24.6 Å². The third-order valence-corrected chi connectivity index (χ3v) is 3.09. The van der Waals surface area contributed by atoms with Crippen LogP contribution in [0.25, 0.3) is 0 Å². The van der Waals surface area contributed by atoms with Crippen LogP contribution in [0.1, 0.15) is 11.4 Å². The summed E-state index contributed by atoms with van der Waals surface area (Å²) in [6.07, 6.45) is 4.84. The first-order valence-electron chi connectivity index (χ1n) is 6.45. The topological polar surface area (TPSA) is 50.9 Å². The lowest BCUT2D eigenvalue weighted by molar-refractivity contribution is 0.640. The fraction of sp³-hybridized carbons (Fsp3) is 0.538. The van der Waals surface area contributed by atoms with E-state index in [4.69, 9.17) is 0 Å². The van der Waals surface area contributed by atoms with E-state index in [9.17, 15) is 0 Å². The van der Waals surface area contributed by atoms with Crippen LogP contribution in [0, 0.1) is 0 Å². The fourth-order valence-electron chi connectivity index (χ4n) is 2.04. The molecule has 6 nitrogen and oxygen atoms in total. The Morgan fingerprint density at radius 3 is 2.68 bits per heavy atom. The molecule has 19 heavy (non-hydrogen) atoms. The first-order chi connectivity index (χ1) is 9.08. The molecule has 2 aromatic rings. The third-order valence-electron chi connectivity index (χ3n) is 3.09. The zero-order chi connectivity index (χ0) is 13.8. The molecule has 2 heterocycles. The monoisotopic (exact) mass is 262 g/mol. The summed E-state index contributed by atoms with van der Waals surface area (Å²) in [7, 11) is 7.98. The summed E-state index contributed by atoms with van der Waals surface area (Å²) in [5.74, 6) is 0.974. The molecule has 2 aromatic heterocycles. The lowest BCUT2D eigenvalue weighted by atomic mass is 10.3. The molecule has 0 aliphatic heterocycles. The maximum Gasteiger partial charge on any atom is 0.204 e. The molecule has 0 aromatic carbocycles. The molecule has 0 spiro atoms. The van der Waals surface area contributed by atoms with Gasteiger partial charge in [-0.2, -0.15) is 5.10 Å². The first kappa shape index (κ1) is 13.6. The summed E-state index contributed by atoms with van der Waals surface area (Å²) in [5, 5.41) is 7.78. The molecule has 0 aliphatic carbocycles. The van der Waals surface area contributed by atoms with Crippen LogP contribution in [0.3, 0.4) is 0 Å². The third kappa shape index (κ3) is 3.35. The summed E-state index contributed by atoms with van der Waals surface area (Å²) in [6, 6.07) is 2.05. The van der Waals surface area contributed by atoms with Gasteiger partial charge in [0, 0.05) is 53.9 Å². The fourth-order valence-corrected chi connectivity index (χ4v) is 2.04. The van der Waals surface area contributed by atoms with Crippen LogP contribution in [-0.2, 0) is 27.1 Å². The highest BCUT2D eigenvalue weighted by Crippen LogP contribution is 2.10. The molecule has 0 aliphatic rings. The largest absolute Gasteiger partial charge is 0.348 e. The Hall–Kier alpha value is -1.82. The zero-order valence-electron chi connectivity index (χ0n) is 12.1. The van der Waals surface area contributed by atoms with Gasteiger partial charge in [0.15, 0.2) is 0 Å². The number of nitrogens with zero attached hydrogens (tertiary/aromatic N) is 5. The summed E-state index contributed by atoms with van der Waals surface area (Å²) in [6.45, 7) is 1.74. The highest BCUT2D eigenvalue weighted by atomic mass is 15.3. The lowest BCUT2D eigenvalue weighted by Crippen LogP contribution is -2.20. The maximum atomic E-state index is 4.39. The van der Waals surface area contributed by atoms with Crippen LogP contribution in [0.2, 0.25) is 0 Å². The van der Waals surface area contributed by atoms with E-state index < -0.39 is 0 Å². The average molecular weight is 262 g/mol. The molecule has 104 valence electrons. The van der Waals surface area contributed by atoms with Gasteiger partial charge in [0.2, 0.25) is 5.95 Å². The van der Waals surface area contributed by atoms with E-state index in [0.29, 0.717) is 0 Å². The van der Waals surface area contributed by atoms with Gasteiger partial charge in [-0.1, -0.05) is 0 Å². The van der Waals surface area contributed by atoms with Gasteiger partial charge in [-0.25, -0.2) is 4.98 Å². The average Bonchev–Trinajstić information content (AvgIpc) is 2.92. The van der Waals surface area contributed by atoms with E-state index in [1.165, 1.54) is 5.69 Å². The summed E-state index contributed by atoms with van der Waals surface area (Å²) in [4.78, 5) is 6.40. The van der Waals surface area contributed by atoms with Crippen LogP contribution in [0.15, 0.2) is 18.5 Å². The second-order valence-corrected chi connectivity index (χ2v) is 4.91. The van der Waals surface area contributed by atoms with Crippen LogP contribution in [0.4, 0.5) is 5.95 Å². The van der Waals surface area contributed by atoms with Gasteiger partial charge in [-0.15, -0.1) is 0 Å². The number of anilines is 1. The quantitative estimate of drug-likeness (QED) is 0.773. The van der Waals surface area contributed by atoms with Gasteiger partial charge >= 0.3 is 0 Å². The Balaban J connectivity index is 1.80. The minimum atomic E-state index is 0.824. The van der Waals surface area contributed by atoms with Crippen molar-refractivity contribution in [2.75, 3.05) is 25.5 Å². The molecule has 0 fully saturated rings. The number of imidazole rings is 1. The number of hydrogen-bond acceptors (Lipinski definition) is 4. The Kier molecular flexibility index (Phi) is 4.21. The predicted molar refractivity (Wildman–Crippen MR) is 76.2 cm³/mol. The van der Waals surface area contributed by atoms with Crippen molar-refractivity contribution in [1.29, 1.82) is 0 Å². The van der Waals surface area contributed by atoms with E-state index in [1.54, 1.807) is 0 Å². The van der Waals surface area contributed by atoms with E-state index in [1.807, 2.05) is 50.2 Å². The number of hydrogen-bond donors (Lipinski definition) is 1. The number of nitrogens with one attached hydrogen (secondary N) is 1. The van der Waals surface area contributed by atoms with Gasteiger partial charge < -0.3 is 14.8 Å². The van der Waals surface area contributed by atoms with E-state index in [2.05, 4.69) is 26.0 Å². The molecule has 2 rings (SSSR count). The zero-order valence-corrected chi connectivity index (χ0v) is 12.1. The number of aromatic nitrogens is 4. The van der Waals surface area contributed by atoms with Crippen LogP contribution in [-0.4, -0.2) is 40.0 Å². The van der Waals surface area contributed by atoms with Gasteiger partial charge in [-0.05, 0) is 6.07 Å². The Morgan fingerprint density at radius 1 is 1.32 bits per heavy atom. The van der Waals surface area contributed by atoms with Gasteiger partial charge in [0.05, 0.1) is 17.6 Å². The van der Waals surface area contributed by atoms with Crippen LogP contribution >= 0.6 is 0 Å². The smallest absolute Gasteiger partial charge is 0.204 e. The Bertz CT molecular complexity index is 525. The van der Waals surface area contributed by atoms with Gasteiger partial charge in [0.1, 0.15) is 0 Å². The maximum absolute atomic E-state index is 4.39. The van der Waals surface area contributed by atoms with Crippen molar-refractivity contribution in [3.05, 3.63) is 29.8 Å². The molecule has 1 N–H and O–H groups in total. The molecule has 0 saturated carbocycles. The minimum absolute atomic E-state index is 0.824. The molecule has 0 amide bonds. The predicted octanol–water partition coefficient (Wildman–Crippen LogP) is 0.552. The SMILES string of the molecule is CN(C)c1ncc(CNCCc2ccn(C)n2)n1C. The minimum Gasteiger partial charge on any atom is -0.348 e. The molecule has 0 saturated heterocycles. The molecule has 0 bridgehead atoms. The van der Waals surface area contributed by atoms with Crippen molar-refractivity contribution in [2.45, 2.75) is 13.0 Å². The first-order valence-corrected chi connectivity index (χ1v) is 6.45. The number of aryl methyl sites for hydroxylation is 1. The standard InChI is InChI=1S/C13H22N6/c1-17(2)13-15-10-12(19(13)4)9-14-7-5-11-6-8-18(3)16-11/h6,8,10,14H,5,7,9H2,1-4H3. The van der Waals surface area contributed by atoms with Crippen LogP contribution < -0.4 is 10.2 Å². The van der Waals surface area contributed by atoms with Crippen molar-refractivity contribution < 1.29 is 0 Å². The van der Waals surface area contributed by atoms with Crippen molar-refractivity contribution >= 4 is 5.95 Å². The second kappa shape index (κ2) is 5.88. The normalized spacial score (nSPS) is 10.9. The summed E-state index contributed by atoms with van der Waals surface area (Å²) >= 11 is 0. The van der Waals surface area contributed by atoms with E-state index >= 15 is 0 Å².